The minimum Gasteiger partial charge on any atom is -0.457 e. The molecule has 0 bridgehead atoms. The Hall–Kier alpha value is -3.35. The molecular weight excluding hydrogens is 526 g/mol. The zero-order valence-corrected chi connectivity index (χ0v) is 25.6. The van der Waals surface area contributed by atoms with Crippen LogP contribution in [0, 0.1) is 17.8 Å². The molecule has 2 N–H and O–H groups in total. The van der Waals surface area contributed by atoms with Crippen molar-refractivity contribution in [1.29, 1.82) is 0 Å². The summed E-state index contributed by atoms with van der Waals surface area (Å²) >= 11 is 0. The predicted molar refractivity (Wildman–Crippen MR) is 166 cm³/mol. The Bertz CT molecular complexity index is 1160. The highest BCUT2D eigenvalue weighted by Crippen LogP contribution is 2.28. The Labute approximate surface area is 251 Å². The Morgan fingerprint density at radius 1 is 0.881 bits per heavy atom. The molecule has 7 heteroatoms. The summed E-state index contributed by atoms with van der Waals surface area (Å²) in [6, 6.07) is 17.1. The van der Waals surface area contributed by atoms with Crippen molar-refractivity contribution < 1.29 is 19.1 Å². The van der Waals surface area contributed by atoms with Gasteiger partial charge in [0.15, 0.2) is 0 Å². The van der Waals surface area contributed by atoms with Crippen molar-refractivity contribution in [3.05, 3.63) is 60.2 Å². The van der Waals surface area contributed by atoms with Crippen LogP contribution < -0.4 is 15.4 Å². The maximum absolute atomic E-state index is 13.9. The molecule has 228 valence electrons. The molecule has 2 fully saturated rings. The average molecular weight is 576 g/mol. The summed E-state index contributed by atoms with van der Waals surface area (Å²) in [5, 5.41) is 6.37. The molecule has 3 atom stereocenters. The summed E-state index contributed by atoms with van der Waals surface area (Å²) in [6.45, 7) is 7.34. The van der Waals surface area contributed by atoms with Crippen LogP contribution in [0.5, 0.6) is 11.5 Å². The van der Waals surface area contributed by atoms with Gasteiger partial charge in [0.1, 0.15) is 17.5 Å². The van der Waals surface area contributed by atoms with E-state index in [2.05, 4.69) is 31.4 Å². The van der Waals surface area contributed by atoms with Crippen LogP contribution in [-0.2, 0) is 20.9 Å². The first kappa shape index (κ1) is 31.6. The lowest BCUT2D eigenvalue weighted by atomic mass is 9.81. The molecule has 1 saturated heterocycles. The van der Waals surface area contributed by atoms with E-state index in [1.165, 1.54) is 0 Å². The van der Waals surface area contributed by atoms with E-state index < -0.39 is 12.0 Å². The number of likely N-dealkylation sites (tertiary alicyclic amines) is 1. The van der Waals surface area contributed by atoms with Gasteiger partial charge in [-0.25, -0.2) is 0 Å². The predicted octanol–water partition coefficient (Wildman–Crippen LogP) is 6.61. The summed E-state index contributed by atoms with van der Waals surface area (Å²) in [5.41, 5.74) is 0.980. The molecule has 0 radical (unpaired) electrons. The van der Waals surface area contributed by atoms with Gasteiger partial charge in [0, 0.05) is 31.0 Å². The van der Waals surface area contributed by atoms with Gasteiger partial charge in [0.05, 0.1) is 0 Å². The van der Waals surface area contributed by atoms with Crippen LogP contribution in [0.1, 0.15) is 90.5 Å². The van der Waals surface area contributed by atoms with E-state index in [1.54, 1.807) is 0 Å². The molecule has 42 heavy (non-hydrogen) atoms. The molecule has 3 amide bonds. The maximum Gasteiger partial charge on any atom is 0.245 e. The van der Waals surface area contributed by atoms with Gasteiger partial charge in [0.2, 0.25) is 17.7 Å². The highest BCUT2D eigenvalue weighted by Gasteiger charge is 2.37. The van der Waals surface area contributed by atoms with Gasteiger partial charge in [-0.05, 0) is 80.7 Å². The van der Waals surface area contributed by atoms with Gasteiger partial charge in [0.25, 0.3) is 0 Å². The molecule has 0 spiro atoms. The Kier molecular flexibility index (Phi) is 11.8. The molecule has 1 aliphatic carbocycles. The number of nitrogens with zero attached hydrogens (tertiary/aromatic N) is 1. The molecule has 7 nitrogen and oxygen atoms in total. The summed E-state index contributed by atoms with van der Waals surface area (Å²) in [5.74, 6) is 0.674. The number of nitrogens with one attached hydrogen (secondary N) is 2. The van der Waals surface area contributed by atoms with Crippen LogP contribution >= 0.6 is 0 Å². The molecule has 0 aromatic heterocycles. The van der Waals surface area contributed by atoms with E-state index >= 15 is 0 Å². The third-order valence-electron chi connectivity index (χ3n) is 8.53. The number of carbonyl (C=O) groups is 3. The molecule has 1 saturated carbocycles. The van der Waals surface area contributed by atoms with Crippen molar-refractivity contribution >= 4 is 17.7 Å². The highest BCUT2D eigenvalue weighted by molar-refractivity contribution is 5.91. The third-order valence-corrected chi connectivity index (χ3v) is 8.53. The van der Waals surface area contributed by atoms with Gasteiger partial charge in [-0.15, -0.1) is 0 Å². The van der Waals surface area contributed by atoms with E-state index in [1.807, 2.05) is 59.5 Å². The number of benzene rings is 2. The van der Waals surface area contributed by atoms with Crippen molar-refractivity contribution in [3.8, 4) is 11.5 Å². The minimum atomic E-state index is -0.585. The van der Waals surface area contributed by atoms with E-state index in [4.69, 9.17) is 4.74 Å². The number of ether oxygens (including phenoxy) is 1. The molecule has 2 aliphatic rings. The van der Waals surface area contributed by atoms with E-state index in [9.17, 15) is 14.4 Å². The fourth-order valence-corrected chi connectivity index (χ4v) is 6.39. The maximum atomic E-state index is 13.9. The number of rotatable bonds is 13. The minimum absolute atomic E-state index is 0.00373. The van der Waals surface area contributed by atoms with Gasteiger partial charge < -0.3 is 20.3 Å². The molecule has 1 heterocycles. The van der Waals surface area contributed by atoms with Crippen molar-refractivity contribution in [2.24, 2.45) is 17.8 Å². The van der Waals surface area contributed by atoms with Crippen LogP contribution in [0.4, 0.5) is 0 Å². The average Bonchev–Trinajstić information content (AvgIpc) is 3.42. The second-order valence-corrected chi connectivity index (χ2v) is 12.5. The lowest BCUT2D eigenvalue weighted by Gasteiger charge is -2.30. The first-order valence-corrected chi connectivity index (χ1v) is 16.1. The summed E-state index contributed by atoms with van der Waals surface area (Å²) in [7, 11) is 0. The van der Waals surface area contributed by atoms with Crippen LogP contribution in [-0.4, -0.2) is 41.2 Å². The molecule has 1 unspecified atom stereocenters. The normalized spacial score (nSPS) is 19.3. The number of hydrogen-bond donors (Lipinski definition) is 2. The smallest absolute Gasteiger partial charge is 0.245 e. The summed E-state index contributed by atoms with van der Waals surface area (Å²) in [6.07, 6.45) is 8.78. The fourth-order valence-electron chi connectivity index (χ4n) is 6.39. The first-order valence-electron chi connectivity index (χ1n) is 16.1. The Balaban J connectivity index is 1.44. The lowest BCUT2D eigenvalue weighted by Crippen LogP contribution is -2.51. The van der Waals surface area contributed by atoms with E-state index in [0.717, 1.165) is 62.0 Å². The zero-order valence-electron chi connectivity index (χ0n) is 25.6. The monoisotopic (exact) mass is 575 g/mol. The first-order chi connectivity index (χ1) is 20.3. The SMILES string of the molecule is CCC[C@H](C(=O)NC1CCCC1)C(CC(C)C)C(=O)N[C@H]1CCCCN(Cc2cccc(Oc3ccccc3)c2)C1=O. The standard InChI is InChI=1S/C35H49N3O4/c1-4-13-30(33(39)36-27-15-8-9-16-27)31(22-25(2)3)34(40)37-32-20-10-11-21-38(35(32)41)24-26-14-12-19-29(23-26)42-28-17-6-5-7-18-28/h5-7,12,14,17-19,23,25,27,30-32H,4,8-11,13,15-16,20-22,24H2,1-3H3,(H,36,39)(H,37,40)/t30-,31?,32-/m0/s1. The summed E-state index contributed by atoms with van der Waals surface area (Å²) in [4.78, 5) is 42.9. The zero-order chi connectivity index (χ0) is 29.9. The van der Waals surface area contributed by atoms with Crippen LogP contribution in [0.2, 0.25) is 0 Å². The van der Waals surface area contributed by atoms with Crippen LogP contribution in [0.3, 0.4) is 0 Å². The quantitative estimate of drug-likeness (QED) is 0.281. The second-order valence-electron chi connectivity index (χ2n) is 12.5. The highest BCUT2D eigenvalue weighted by atomic mass is 16.5. The van der Waals surface area contributed by atoms with E-state index in [0.29, 0.717) is 32.4 Å². The topological polar surface area (TPSA) is 87.7 Å². The van der Waals surface area contributed by atoms with Crippen molar-refractivity contribution in [2.75, 3.05) is 6.54 Å². The van der Waals surface area contributed by atoms with Crippen molar-refractivity contribution in [1.82, 2.24) is 15.5 Å². The van der Waals surface area contributed by atoms with Crippen LogP contribution in [0.15, 0.2) is 54.6 Å². The molecule has 2 aromatic carbocycles. The third kappa shape index (κ3) is 9.07. The number of hydrogen-bond acceptors (Lipinski definition) is 4. The fraction of sp³-hybridized carbons (Fsp3) is 0.571. The molecule has 2 aromatic rings. The Morgan fingerprint density at radius 3 is 2.29 bits per heavy atom. The van der Waals surface area contributed by atoms with Gasteiger partial charge in [-0.3, -0.25) is 14.4 Å². The molecular formula is C35H49N3O4. The molecule has 4 rings (SSSR count). The largest absolute Gasteiger partial charge is 0.457 e. The number of carbonyl (C=O) groups excluding carboxylic acids is 3. The Morgan fingerprint density at radius 2 is 1.57 bits per heavy atom. The van der Waals surface area contributed by atoms with Gasteiger partial charge in [-0.1, -0.05) is 70.4 Å². The molecule has 1 aliphatic heterocycles. The second kappa shape index (κ2) is 15.8. The number of para-hydroxylation sites is 1. The van der Waals surface area contributed by atoms with E-state index in [-0.39, 0.29) is 35.6 Å². The number of amides is 3. The summed E-state index contributed by atoms with van der Waals surface area (Å²) < 4.78 is 6.00. The van der Waals surface area contributed by atoms with Crippen molar-refractivity contribution in [3.63, 3.8) is 0 Å². The lowest BCUT2D eigenvalue weighted by molar-refractivity contribution is -0.140. The van der Waals surface area contributed by atoms with Gasteiger partial charge >= 0.3 is 0 Å². The van der Waals surface area contributed by atoms with Crippen LogP contribution in [0.25, 0.3) is 0 Å². The van der Waals surface area contributed by atoms with Crippen molar-refractivity contribution in [2.45, 2.75) is 104 Å². The van der Waals surface area contributed by atoms with Gasteiger partial charge in [-0.2, -0.15) is 0 Å².